The second-order valence-corrected chi connectivity index (χ2v) is 3.39. The molecule has 1 atom stereocenters. The summed E-state index contributed by atoms with van der Waals surface area (Å²) in [6.45, 7) is 0.277. The van der Waals surface area contributed by atoms with E-state index in [0.717, 1.165) is 0 Å². The number of amides is 1. The third kappa shape index (κ3) is 8.49. The first-order valence-electron chi connectivity index (χ1n) is 4.84. The summed E-state index contributed by atoms with van der Waals surface area (Å²) in [5.41, 5.74) is 0. The molecule has 0 aliphatic rings. The standard InChI is InChI=1S/C9H14F3NO4/c1-17-4-2-3-6(8(15)16)13-7(14)5-9(10,11)12/h6H,2-5H2,1H3,(H,13,14)(H,15,16). The van der Waals surface area contributed by atoms with E-state index in [1.54, 1.807) is 0 Å². The number of rotatable bonds is 7. The Hall–Kier alpha value is -1.31. The topological polar surface area (TPSA) is 75.6 Å². The van der Waals surface area contributed by atoms with E-state index in [1.807, 2.05) is 5.32 Å². The van der Waals surface area contributed by atoms with Crippen LogP contribution in [0.15, 0.2) is 0 Å². The van der Waals surface area contributed by atoms with Crippen LogP contribution >= 0.6 is 0 Å². The molecule has 0 heterocycles. The van der Waals surface area contributed by atoms with Gasteiger partial charge in [0.15, 0.2) is 0 Å². The predicted molar refractivity (Wildman–Crippen MR) is 51.3 cm³/mol. The summed E-state index contributed by atoms with van der Waals surface area (Å²) in [6, 6.07) is -1.32. The van der Waals surface area contributed by atoms with Crippen LogP contribution in [0.3, 0.4) is 0 Å². The molecule has 0 bridgehead atoms. The van der Waals surface area contributed by atoms with Crippen molar-refractivity contribution in [1.29, 1.82) is 0 Å². The Balaban J connectivity index is 4.16. The van der Waals surface area contributed by atoms with Gasteiger partial charge in [-0.1, -0.05) is 0 Å². The summed E-state index contributed by atoms with van der Waals surface area (Å²) in [5.74, 6) is -2.71. The third-order valence-corrected chi connectivity index (χ3v) is 1.84. The van der Waals surface area contributed by atoms with Crippen LogP contribution < -0.4 is 5.32 Å². The Bertz CT molecular complexity index is 267. The molecular weight excluding hydrogens is 243 g/mol. The molecule has 8 heteroatoms. The number of carbonyl (C=O) groups excluding carboxylic acids is 1. The number of nitrogens with one attached hydrogen (secondary N) is 1. The molecule has 0 fully saturated rings. The summed E-state index contributed by atoms with van der Waals surface area (Å²) in [5, 5.41) is 10.5. The van der Waals surface area contributed by atoms with Crippen molar-refractivity contribution in [2.24, 2.45) is 0 Å². The van der Waals surface area contributed by atoms with Gasteiger partial charge in [-0.2, -0.15) is 13.2 Å². The van der Waals surface area contributed by atoms with Gasteiger partial charge in [0.05, 0.1) is 0 Å². The Morgan fingerprint density at radius 2 is 2.00 bits per heavy atom. The van der Waals surface area contributed by atoms with Crippen molar-refractivity contribution in [3.05, 3.63) is 0 Å². The lowest BCUT2D eigenvalue weighted by atomic mass is 10.1. The van der Waals surface area contributed by atoms with Crippen LogP contribution in [0.25, 0.3) is 0 Å². The lowest BCUT2D eigenvalue weighted by Gasteiger charge is -2.15. The lowest BCUT2D eigenvalue weighted by molar-refractivity contribution is -0.156. The number of aliphatic carboxylic acids is 1. The van der Waals surface area contributed by atoms with Crippen molar-refractivity contribution in [2.45, 2.75) is 31.5 Å². The number of ether oxygens (including phenoxy) is 1. The molecular formula is C9H14F3NO4. The normalized spacial score (nSPS) is 13.2. The van der Waals surface area contributed by atoms with Crippen LogP contribution in [0.4, 0.5) is 13.2 Å². The van der Waals surface area contributed by atoms with Gasteiger partial charge in [-0.15, -0.1) is 0 Å². The molecule has 1 amide bonds. The molecule has 100 valence electrons. The highest BCUT2D eigenvalue weighted by atomic mass is 19.4. The minimum atomic E-state index is -4.64. The molecule has 0 aliphatic heterocycles. The zero-order valence-electron chi connectivity index (χ0n) is 9.21. The Morgan fingerprint density at radius 1 is 1.41 bits per heavy atom. The van der Waals surface area contributed by atoms with Crippen molar-refractivity contribution in [3.63, 3.8) is 0 Å². The van der Waals surface area contributed by atoms with Crippen LogP contribution in [0.2, 0.25) is 0 Å². The number of carboxylic acid groups (broad SMARTS) is 1. The molecule has 0 saturated carbocycles. The van der Waals surface area contributed by atoms with Crippen LogP contribution in [-0.4, -0.2) is 42.9 Å². The molecule has 0 spiro atoms. The molecule has 0 aromatic carbocycles. The van der Waals surface area contributed by atoms with Gasteiger partial charge in [0.1, 0.15) is 12.5 Å². The quantitative estimate of drug-likeness (QED) is 0.665. The van der Waals surface area contributed by atoms with Crippen molar-refractivity contribution < 1.29 is 32.6 Å². The maximum Gasteiger partial charge on any atom is 0.397 e. The van der Waals surface area contributed by atoms with E-state index < -0.39 is 30.5 Å². The van der Waals surface area contributed by atoms with E-state index in [2.05, 4.69) is 4.74 Å². The predicted octanol–water partition coefficient (Wildman–Crippen LogP) is 0.935. The highest BCUT2D eigenvalue weighted by Crippen LogP contribution is 2.19. The number of methoxy groups -OCH3 is 1. The average Bonchev–Trinajstić information content (AvgIpc) is 2.13. The molecule has 0 rings (SSSR count). The van der Waals surface area contributed by atoms with Gasteiger partial charge in [0.25, 0.3) is 0 Å². The Kier molecular flexibility index (Phi) is 6.55. The molecule has 0 aliphatic carbocycles. The summed E-state index contributed by atoms with van der Waals surface area (Å²) in [4.78, 5) is 21.5. The maximum atomic E-state index is 11.8. The lowest BCUT2D eigenvalue weighted by Crippen LogP contribution is -2.42. The first kappa shape index (κ1) is 15.7. The second-order valence-electron chi connectivity index (χ2n) is 3.39. The first-order valence-corrected chi connectivity index (χ1v) is 4.84. The average molecular weight is 257 g/mol. The van der Waals surface area contributed by atoms with E-state index in [4.69, 9.17) is 5.11 Å². The molecule has 2 N–H and O–H groups in total. The zero-order valence-corrected chi connectivity index (χ0v) is 9.21. The van der Waals surface area contributed by atoms with Gasteiger partial charge in [0, 0.05) is 13.7 Å². The van der Waals surface area contributed by atoms with Crippen molar-refractivity contribution in [2.75, 3.05) is 13.7 Å². The first-order chi connectivity index (χ1) is 7.76. The molecule has 0 aromatic heterocycles. The van der Waals surface area contributed by atoms with Gasteiger partial charge in [-0.3, -0.25) is 4.79 Å². The molecule has 17 heavy (non-hydrogen) atoms. The summed E-state index contributed by atoms with van der Waals surface area (Å²) < 4.78 is 40.2. The van der Waals surface area contributed by atoms with E-state index in [-0.39, 0.29) is 13.0 Å². The van der Waals surface area contributed by atoms with Gasteiger partial charge in [-0.05, 0) is 12.8 Å². The van der Waals surface area contributed by atoms with Gasteiger partial charge in [0.2, 0.25) is 5.91 Å². The number of hydrogen-bond acceptors (Lipinski definition) is 3. The number of carboxylic acids is 1. The minimum Gasteiger partial charge on any atom is -0.480 e. The van der Waals surface area contributed by atoms with Crippen molar-refractivity contribution >= 4 is 11.9 Å². The summed E-state index contributed by atoms with van der Waals surface area (Å²) >= 11 is 0. The van der Waals surface area contributed by atoms with Crippen LogP contribution in [0.1, 0.15) is 19.3 Å². The van der Waals surface area contributed by atoms with E-state index in [0.29, 0.717) is 6.42 Å². The number of hydrogen-bond donors (Lipinski definition) is 2. The minimum absolute atomic E-state index is 0.0206. The molecule has 5 nitrogen and oxygen atoms in total. The number of halogens is 3. The fraction of sp³-hybridized carbons (Fsp3) is 0.778. The second kappa shape index (κ2) is 7.10. The van der Waals surface area contributed by atoms with Crippen molar-refractivity contribution in [1.82, 2.24) is 5.32 Å². The third-order valence-electron chi connectivity index (χ3n) is 1.84. The Labute approximate surface area is 95.9 Å². The molecule has 0 saturated heterocycles. The number of alkyl halides is 3. The van der Waals surface area contributed by atoms with Gasteiger partial charge >= 0.3 is 12.1 Å². The van der Waals surface area contributed by atoms with Crippen molar-refractivity contribution in [3.8, 4) is 0 Å². The van der Waals surface area contributed by atoms with E-state index >= 15 is 0 Å². The van der Waals surface area contributed by atoms with E-state index in [9.17, 15) is 22.8 Å². The Morgan fingerprint density at radius 3 is 2.41 bits per heavy atom. The molecule has 1 unspecified atom stereocenters. The largest absolute Gasteiger partial charge is 0.480 e. The SMILES string of the molecule is COCCCC(NC(=O)CC(F)(F)F)C(=O)O. The van der Waals surface area contributed by atoms with Crippen LogP contribution in [0, 0.1) is 0 Å². The highest BCUT2D eigenvalue weighted by Gasteiger charge is 2.32. The van der Waals surface area contributed by atoms with Crippen LogP contribution in [0.5, 0.6) is 0 Å². The maximum absolute atomic E-state index is 11.8. The van der Waals surface area contributed by atoms with Crippen LogP contribution in [-0.2, 0) is 14.3 Å². The smallest absolute Gasteiger partial charge is 0.397 e. The monoisotopic (exact) mass is 257 g/mol. The fourth-order valence-corrected chi connectivity index (χ4v) is 1.12. The molecule has 0 radical (unpaired) electrons. The highest BCUT2D eigenvalue weighted by molar-refractivity contribution is 5.83. The van der Waals surface area contributed by atoms with Gasteiger partial charge in [-0.25, -0.2) is 4.79 Å². The molecule has 0 aromatic rings. The summed E-state index contributed by atoms with van der Waals surface area (Å²) in [7, 11) is 1.41. The van der Waals surface area contributed by atoms with E-state index in [1.165, 1.54) is 7.11 Å². The summed E-state index contributed by atoms with van der Waals surface area (Å²) in [6.07, 6.45) is -5.97. The fourth-order valence-electron chi connectivity index (χ4n) is 1.12. The van der Waals surface area contributed by atoms with Gasteiger partial charge < -0.3 is 15.2 Å². The zero-order chi connectivity index (χ0) is 13.5. The number of carbonyl (C=O) groups is 2.